The molecule has 0 amide bonds. The standard InChI is InChI=1S/C18H24N2O/c1-5-13(2)20-16(14-9-7-6-8-10-14)12-11-15(17(20)21)18(3,4)19/h6-13H,5,19H2,1-4H3. The maximum absolute atomic E-state index is 12.9. The van der Waals surface area contributed by atoms with Crippen molar-refractivity contribution in [1.82, 2.24) is 4.57 Å². The van der Waals surface area contributed by atoms with Crippen molar-refractivity contribution in [1.29, 1.82) is 0 Å². The van der Waals surface area contributed by atoms with Crippen molar-refractivity contribution >= 4 is 0 Å². The minimum absolute atomic E-state index is 0.0122. The molecule has 0 radical (unpaired) electrons. The number of nitrogens with two attached hydrogens (primary N) is 1. The molecule has 1 aromatic heterocycles. The summed E-state index contributed by atoms with van der Waals surface area (Å²) in [5.74, 6) is 0. The summed E-state index contributed by atoms with van der Waals surface area (Å²) in [6.45, 7) is 7.90. The SMILES string of the molecule is CCC(C)n1c(-c2ccccc2)ccc(C(C)(C)N)c1=O. The van der Waals surface area contributed by atoms with Gasteiger partial charge in [0.15, 0.2) is 0 Å². The highest BCUT2D eigenvalue weighted by atomic mass is 16.1. The van der Waals surface area contributed by atoms with Crippen LogP contribution in [-0.2, 0) is 5.54 Å². The molecule has 3 nitrogen and oxygen atoms in total. The molecule has 2 aromatic rings. The second kappa shape index (κ2) is 5.86. The second-order valence-corrected chi connectivity index (χ2v) is 6.15. The minimum atomic E-state index is -0.637. The van der Waals surface area contributed by atoms with E-state index in [0.717, 1.165) is 17.7 Å². The van der Waals surface area contributed by atoms with E-state index in [1.54, 1.807) is 0 Å². The zero-order valence-electron chi connectivity index (χ0n) is 13.3. The molecular weight excluding hydrogens is 260 g/mol. The topological polar surface area (TPSA) is 48.0 Å². The molecule has 0 saturated carbocycles. The van der Waals surface area contributed by atoms with E-state index in [2.05, 4.69) is 13.8 Å². The van der Waals surface area contributed by atoms with Crippen molar-refractivity contribution in [2.24, 2.45) is 5.73 Å². The monoisotopic (exact) mass is 284 g/mol. The molecule has 21 heavy (non-hydrogen) atoms. The van der Waals surface area contributed by atoms with Crippen LogP contribution >= 0.6 is 0 Å². The van der Waals surface area contributed by atoms with Gasteiger partial charge in [-0.15, -0.1) is 0 Å². The van der Waals surface area contributed by atoms with Crippen molar-refractivity contribution < 1.29 is 0 Å². The smallest absolute Gasteiger partial charge is 0.256 e. The maximum atomic E-state index is 12.9. The molecule has 2 N–H and O–H groups in total. The Labute approximate surface area is 126 Å². The molecule has 112 valence electrons. The maximum Gasteiger partial charge on any atom is 0.256 e. The summed E-state index contributed by atoms with van der Waals surface area (Å²) < 4.78 is 1.87. The van der Waals surface area contributed by atoms with Crippen LogP contribution in [0.1, 0.15) is 45.7 Å². The predicted octanol–water partition coefficient (Wildman–Crippen LogP) is 3.68. The fourth-order valence-corrected chi connectivity index (χ4v) is 2.51. The Morgan fingerprint density at radius 3 is 2.29 bits per heavy atom. The van der Waals surface area contributed by atoms with E-state index in [1.165, 1.54) is 0 Å². The third kappa shape index (κ3) is 3.08. The Morgan fingerprint density at radius 2 is 1.76 bits per heavy atom. The van der Waals surface area contributed by atoms with E-state index < -0.39 is 5.54 Å². The summed E-state index contributed by atoms with van der Waals surface area (Å²) in [4.78, 5) is 12.9. The Morgan fingerprint density at radius 1 is 1.14 bits per heavy atom. The number of nitrogens with zero attached hydrogens (tertiary/aromatic N) is 1. The van der Waals surface area contributed by atoms with Crippen LogP contribution in [0.3, 0.4) is 0 Å². The molecule has 0 aliphatic carbocycles. The van der Waals surface area contributed by atoms with E-state index in [-0.39, 0.29) is 11.6 Å². The molecule has 0 spiro atoms. The van der Waals surface area contributed by atoms with Crippen molar-refractivity contribution in [2.75, 3.05) is 0 Å². The summed E-state index contributed by atoms with van der Waals surface area (Å²) >= 11 is 0. The molecule has 1 aromatic carbocycles. The fourth-order valence-electron chi connectivity index (χ4n) is 2.51. The molecule has 1 unspecified atom stereocenters. The lowest BCUT2D eigenvalue weighted by atomic mass is 9.95. The first kappa shape index (κ1) is 15.5. The van der Waals surface area contributed by atoms with Gasteiger partial charge in [0, 0.05) is 17.1 Å². The number of aromatic nitrogens is 1. The molecule has 1 atom stereocenters. The van der Waals surface area contributed by atoms with Gasteiger partial charge in [-0.05, 0) is 44.9 Å². The zero-order valence-corrected chi connectivity index (χ0v) is 13.3. The van der Waals surface area contributed by atoms with Crippen LogP contribution in [0.4, 0.5) is 0 Å². The Hall–Kier alpha value is -1.87. The van der Waals surface area contributed by atoms with Gasteiger partial charge in [-0.1, -0.05) is 37.3 Å². The zero-order chi connectivity index (χ0) is 15.6. The predicted molar refractivity (Wildman–Crippen MR) is 88.4 cm³/mol. The van der Waals surface area contributed by atoms with E-state index in [9.17, 15) is 4.79 Å². The summed E-state index contributed by atoms with van der Waals surface area (Å²) in [7, 11) is 0. The third-order valence-corrected chi connectivity index (χ3v) is 3.91. The van der Waals surface area contributed by atoms with E-state index in [1.807, 2.05) is 60.9 Å². The van der Waals surface area contributed by atoms with Crippen molar-refractivity contribution in [2.45, 2.75) is 45.7 Å². The largest absolute Gasteiger partial charge is 0.322 e. The summed E-state index contributed by atoms with van der Waals surface area (Å²) in [6.07, 6.45) is 0.897. The van der Waals surface area contributed by atoms with Crippen molar-refractivity contribution in [3.8, 4) is 11.3 Å². The summed E-state index contributed by atoms with van der Waals surface area (Å²) in [5.41, 5.74) is 8.17. The molecule has 3 heteroatoms. The van der Waals surface area contributed by atoms with Gasteiger partial charge in [-0.25, -0.2) is 0 Å². The Kier molecular flexibility index (Phi) is 4.33. The number of hydrogen-bond acceptors (Lipinski definition) is 2. The number of hydrogen-bond donors (Lipinski definition) is 1. The lowest BCUT2D eigenvalue weighted by Crippen LogP contribution is -2.39. The highest BCUT2D eigenvalue weighted by molar-refractivity contribution is 5.60. The molecule has 0 fully saturated rings. The van der Waals surface area contributed by atoms with Gasteiger partial charge in [0.1, 0.15) is 0 Å². The molecule has 2 rings (SSSR count). The van der Waals surface area contributed by atoms with Gasteiger partial charge < -0.3 is 10.3 Å². The van der Waals surface area contributed by atoms with Gasteiger partial charge in [-0.2, -0.15) is 0 Å². The summed E-state index contributed by atoms with van der Waals surface area (Å²) in [6, 6.07) is 14.0. The first-order valence-electron chi connectivity index (χ1n) is 7.46. The van der Waals surface area contributed by atoms with Gasteiger partial charge in [-0.3, -0.25) is 4.79 Å². The van der Waals surface area contributed by atoms with Crippen LogP contribution in [0.2, 0.25) is 0 Å². The van der Waals surface area contributed by atoms with Gasteiger partial charge >= 0.3 is 0 Å². The van der Waals surface area contributed by atoms with Crippen molar-refractivity contribution in [3.63, 3.8) is 0 Å². The quantitative estimate of drug-likeness (QED) is 0.931. The molecular formula is C18H24N2O. The number of pyridine rings is 1. The molecule has 0 aliphatic heterocycles. The van der Waals surface area contributed by atoms with Crippen LogP contribution in [-0.4, -0.2) is 4.57 Å². The molecule has 0 aliphatic rings. The molecule has 1 heterocycles. The number of benzene rings is 1. The van der Waals surface area contributed by atoms with E-state index >= 15 is 0 Å². The second-order valence-electron chi connectivity index (χ2n) is 6.15. The average molecular weight is 284 g/mol. The summed E-state index contributed by atoms with van der Waals surface area (Å²) in [5, 5.41) is 0. The first-order chi connectivity index (χ1) is 9.86. The van der Waals surface area contributed by atoms with Crippen molar-refractivity contribution in [3.05, 3.63) is 58.4 Å². The first-order valence-corrected chi connectivity index (χ1v) is 7.46. The third-order valence-electron chi connectivity index (χ3n) is 3.91. The Balaban J connectivity index is 2.74. The number of rotatable bonds is 4. The van der Waals surface area contributed by atoms with Crippen LogP contribution in [0.5, 0.6) is 0 Å². The van der Waals surface area contributed by atoms with Crippen LogP contribution in [0, 0.1) is 0 Å². The highest BCUT2D eigenvalue weighted by Gasteiger charge is 2.22. The van der Waals surface area contributed by atoms with Gasteiger partial charge in [0.2, 0.25) is 0 Å². The fraction of sp³-hybridized carbons (Fsp3) is 0.389. The van der Waals surface area contributed by atoms with Crippen LogP contribution in [0.15, 0.2) is 47.3 Å². The minimum Gasteiger partial charge on any atom is -0.322 e. The van der Waals surface area contributed by atoms with Crippen LogP contribution < -0.4 is 11.3 Å². The normalized spacial score (nSPS) is 13.2. The highest BCUT2D eigenvalue weighted by Crippen LogP contribution is 2.24. The molecule has 0 bridgehead atoms. The van der Waals surface area contributed by atoms with E-state index in [0.29, 0.717) is 5.56 Å². The van der Waals surface area contributed by atoms with Gasteiger partial charge in [0.05, 0.1) is 5.69 Å². The average Bonchev–Trinajstić information content (AvgIpc) is 2.45. The Bertz CT molecular complexity index is 666. The lowest BCUT2D eigenvalue weighted by Gasteiger charge is -2.24. The van der Waals surface area contributed by atoms with Crippen LogP contribution in [0.25, 0.3) is 11.3 Å². The van der Waals surface area contributed by atoms with Gasteiger partial charge in [0.25, 0.3) is 5.56 Å². The van der Waals surface area contributed by atoms with E-state index in [4.69, 9.17) is 5.73 Å². The molecule has 0 saturated heterocycles. The lowest BCUT2D eigenvalue weighted by molar-refractivity contribution is 0.490.